The van der Waals surface area contributed by atoms with E-state index in [0.717, 1.165) is 6.08 Å². The predicted molar refractivity (Wildman–Crippen MR) is 94.8 cm³/mol. The summed E-state index contributed by atoms with van der Waals surface area (Å²) in [5.41, 5.74) is -1.54. The molecule has 0 bridgehead atoms. The lowest BCUT2D eigenvalue weighted by atomic mass is 9.77. The summed E-state index contributed by atoms with van der Waals surface area (Å²) in [5.74, 6) is -1.87. The zero-order chi connectivity index (χ0) is 21.1. The van der Waals surface area contributed by atoms with Gasteiger partial charge in [0.25, 0.3) is 0 Å². The third-order valence-electron chi connectivity index (χ3n) is 5.22. The Bertz CT molecular complexity index is 830. The van der Waals surface area contributed by atoms with Gasteiger partial charge in [-0.25, -0.2) is 4.79 Å². The number of carboxylic acids is 1. The number of carboxylic acid groups (broad SMARTS) is 1. The molecule has 1 N–H and O–H groups in total. The minimum atomic E-state index is -4.89. The first-order chi connectivity index (χ1) is 12.8. The van der Waals surface area contributed by atoms with E-state index in [1.165, 1.54) is 19.2 Å². The Morgan fingerprint density at radius 1 is 1.18 bits per heavy atom. The molecule has 0 aromatic heterocycles. The number of carbonyl (C=O) groups is 1. The number of hydrogen-bond donors (Lipinski definition) is 1. The molecule has 2 aliphatic rings. The maximum atomic E-state index is 13.3. The summed E-state index contributed by atoms with van der Waals surface area (Å²) in [6, 6.07) is 2.95. The van der Waals surface area contributed by atoms with Gasteiger partial charge in [0.2, 0.25) is 6.10 Å². The van der Waals surface area contributed by atoms with Crippen LogP contribution in [0.25, 0.3) is 6.08 Å². The van der Waals surface area contributed by atoms with Crippen molar-refractivity contribution in [2.75, 3.05) is 7.11 Å². The fraction of sp³-hybridized carbons (Fsp3) is 0.500. The molecule has 1 atom stereocenters. The molecule has 152 valence electrons. The molecule has 1 saturated heterocycles. The zero-order valence-corrected chi connectivity index (χ0v) is 16.0. The predicted octanol–water partition coefficient (Wildman–Crippen LogP) is 2.79. The lowest BCUT2D eigenvalue weighted by Gasteiger charge is -2.32. The average Bonchev–Trinajstić information content (AvgIpc) is 2.79. The minimum absolute atomic E-state index is 0.0251. The highest BCUT2D eigenvalue weighted by Gasteiger charge is 2.53. The lowest BCUT2D eigenvalue weighted by Crippen LogP contribution is -2.41. The number of benzene rings is 1. The summed E-state index contributed by atoms with van der Waals surface area (Å²) in [5, 5.41) is 9.21. The largest absolute Gasteiger partial charge is 0.494 e. The summed E-state index contributed by atoms with van der Waals surface area (Å²) >= 11 is 0. The number of halogens is 3. The fourth-order valence-electron chi connectivity index (χ4n) is 2.99. The van der Waals surface area contributed by atoms with E-state index in [0.29, 0.717) is 5.46 Å². The number of alkyl halides is 3. The van der Waals surface area contributed by atoms with Crippen LogP contribution in [0.4, 0.5) is 13.2 Å². The molecule has 1 aromatic carbocycles. The van der Waals surface area contributed by atoms with E-state index in [-0.39, 0.29) is 17.1 Å². The van der Waals surface area contributed by atoms with Crippen molar-refractivity contribution >= 4 is 24.6 Å². The van der Waals surface area contributed by atoms with Crippen LogP contribution >= 0.6 is 0 Å². The molecule has 1 unspecified atom stereocenters. The van der Waals surface area contributed by atoms with Crippen LogP contribution in [0.2, 0.25) is 0 Å². The van der Waals surface area contributed by atoms with Crippen LogP contribution in [0.5, 0.6) is 11.5 Å². The first kappa shape index (κ1) is 20.5. The third kappa shape index (κ3) is 3.35. The van der Waals surface area contributed by atoms with Gasteiger partial charge in [-0.15, -0.1) is 0 Å². The second-order valence-electron chi connectivity index (χ2n) is 7.67. The Morgan fingerprint density at radius 3 is 2.21 bits per heavy atom. The highest BCUT2D eigenvalue weighted by atomic mass is 19.4. The molecule has 2 aliphatic heterocycles. The van der Waals surface area contributed by atoms with E-state index in [2.05, 4.69) is 0 Å². The first-order valence-corrected chi connectivity index (χ1v) is 8.52. The Hall–Kier alpha value is -2.20. The van der Waals surface area contributed by atoms with Crippen molar-refractivity contribution in [1.82, 2.24) is 0 Å². The van der Waals surface area contributed by atoms with E-state index in [1.54, 1.807) is 0 Å². The Labute approximate surface area is 160 Å². The molecule has 0 aliphatic carbocycles. The van der Waals surface area contributed by atoms with Gasteiger partial charge in [0, 0.05) is 5.56 Å². The van der Waals surface area contributed by atoms with E-state index < -0.39 is 42.1 Å². The summed E-state index contributed by atoms with van der Waals surface area (Å²) in [6.07, 6.45) is -6.54. The Kier molecular flexibility index (Phi) is 4.71. The van der Waals surface area contributed by atoms with Crippen LogP contribution < -0.4 is 14.9 Å². The van der Waals surface area contributed by atoms with E-state index in [9.17, 15) is 23.1 Å². The maximum absolute atomic E-state index is 13.3. The Morgan fingerprint density at radius 2 is 1.75 bits per heavy atom. The first-order valence-electron chi connectivity index (χ1n) is 8.52. The molecule has 28 heavy (non-hydrogen) atoms. The van der Waals surface area contributed by atoms with Crippen molar-refractivity contribution in [1.29, 1.82) is 0 Å². The number of aliphatic carboxylic acids is 1. The molecular formula is C18H20BF3O6. The second kappa shape index (κ2) is 6.42. The van der Waals surface area contributed by atoms with E-state index in [1.807, 2.05) is 27.7 Å². The van der Waals surface area contributed by atoms with Gasteiger partial charge in [0.1, 0.15) is 0 Å². The van der Waals surface area contributed by atoms with Gasteiger partial charge < -0.3 is 23.9 Å². The normalized spacial score (nSPS) is 22.9. The standard InChI is InChI=1S/C18H20BF3O6/c1-16(2)17(3,4)28-19(27-16)10-6-9-7-11(15(23)24)14(18(20,21)22)26-13(9)12(8-10)25-5/h6-8,14H,1-5H3,(H,23,24). The van der Waals surface area contributed by atoms with Crippen LogP contribution in [0.15, 0.2) is 17.7 Å². The number of methoxy groups -OCH3 is 1. The number of fused-ring (bicyclic) bond motifs is 1. The van der Waals surface area contributed by atoms with Crippen LogP contribution in [0.1, 0.15) is 33.3 Å². The summed E-state index contributed by atoms with van der Waals surface area (Å²) in [6.45, 7) is 7.45. The van der Waals surface area contributed by atoms with Crippen molar-refractivity contribution in [3.63, 3.8) is 0 Å². The Balaban J connectivity index is 2.09. The molecule has 0 spiro atoms. The molecule has 0 radical (unpaired) electrons. The number of ether oxygens (including phenoxy) is 2. The van der Waals surface area contributed by atoms with Gasteiger partial charge >= 0.3 is 19.3 Å². The fourth-order valence-corrected chi connectivity index (χ4v) is 2.99. The summed E-state index contributed by atoms with van der Waals surface area (Å²) < 4.78 is 61.9. The van der Waals surface area contributed by atoms with Crippen LogP contribution in [-0.2, 0) is 14.1 Å². The van der Waals surface area contributed by atoms with E-state index in [4.69, 9.17) is 18.8 Å². The summed E-state index contributed by atoms with van der Waals surface area (Å²) in [4.78, 5) is 11.4. The SMILES string of the molecule is COc1cc(B2OC(C)(C)C(C)(C)O2)cc2c1OC(C(F)(F)F)C(C(=O)O)=C2. The van der Waals surface area contributed by atoms with Gasteiger partial charge in [-0.2, -0.15) is 13.2 Å². The van der Waals surface area contributed by atoms with E-state index >= 15 is 0 Å². The molecule has 3 rings (SSSR count). The highest BCUT2D eigenvalue weighted by molar-refractivity contribution is 6.62. The molecule has 0 saturated carbocycles. The lowest BCUT2D eigenvalue weighted by molar-refractivity contribution is -0.187. The van der Waals surface area contributed by atoms with Crippen molar-refractivity contribution in [3.8, 4) is 11.5 Å². The third-order valence-corrected chi connectivity index (χ3v) is 5.22. The monoisotopic (exact) mass is 400 g/mol. The van der Waals surface area contributed by atoms with Gasteiger partial charge in [-0.1, -0.05) is 6.07 Å². The summed E-state index contributed by atoms with van der Waals surface area (Å²) in [7, 11) is 0.484. The highest BCUT2D eigenvalue weighted by Crippen LogP contribution is 2.43. The molecular weight excluding hydrogens is 380 g/mol. The smallest absolute Gasteiger partial charge is 0.493 e. The second-order valence-corrected chi connectivity index (χ2v) is 7.67. The molecule has 10 heteroatoms. The number of rotatable bonds is 3. The quantitative estimate of drug-likeness (QED) is 0.787. The van der Waals surface area contributed by atoms with Gasteiger partial charge in [-0.05, 0) is 45.3 Å². The molecule has 0 amide bonds. The maximum Gasteiger partial charge on any atom is 0.494 e. The average molecular weight is 400 g/mol. The minimum Gasteiger partial charge on any atom is -0.493 e. The molecule has 2 heterocycles. The van der Waals surface area contributed by atoms with Crippen molar-refractivity contribution in [2.24, 2.45) is 0 Å². The van der Waals surface area contributed by atoms with Crippen molar-refractivity contribution in [3.05, 3.63) is 23.3 Å². The van der Waals surface area contributed by atoms with Crippen molar-refractivity contribution in [2.45, 2.75) is 51.2 Å². The van der Waals surface area contributed by atoms with Crippen molar-refractivity contribution < 1.29 is 41.9 Å². The van der Waals surface area contributed by atoms with Gasteiger partial charge in [0.15, 0.2) is 11.5 Å². The molecule has 6 nitrogen and oxygen atoms in total. The molecule has 1 fully saturated rings. The van der Waals surface area contributed by atoms with Crippen LogP contribution in [-0.4, -0.2) is 48.8 Å². The van der Waals surface area contributed by atoms with Gasteiger partial charge in [0.05, 0.1) is 23.9 Å². The number of hydrogen-bond acceptors (Lipinski definition) is 5. The van der Waals surface area contributed by atoms with Crippen LogP contribution in [0, 0.1) is 0 Å². The van der Waals surface area contributed by atoms with Crippen LogP contribution in [0.3, 0.4) is 0 Å². The topological polar surface area (TPSA) is 74.2 Å². The van der Waals surface area contributed by atoms with Gasteiger partial charge in [-0.3, -0.25) is 0 Å². The zero-order valence-electron chi connectivity index (χ0n) is 16.0. The molecule has 1 aromatic rings.